The molecule has 0 saturated carbocycles. The minimum atomic E-state index is -3.88. The molecule has 0 aliphatic heterocycles. The third-order valence-electron chi connectivity index (χ3n) is 2.65. The third-order valence-corrected chi connectivity index (χ3v) is 4.71. The lowest BCUT2D eigenvalue weighted by atomic mass is 10.3. The summed E-state index contributed by atoms with van der Waals surface area (Å²) in [6, 6.07) is 10.6. The Bertz CT molecular complexity index is 715. The zero-order chi connectivity index (χ0) is 14.8. The number of halogens is 2. The highest BCUT2D eigenvalue weighted by Crippen LogP contribution is 2.29. The van der Waals surface area contributed by atoms with Gasteiger partial charge in [0, 0.05) is 11.5 Å². The summed E-state index contributed by atoms with van der Waals surface area (Å²) >= 11 is 3.13. The van der Waals surface area contributed by atoms with Crippen molar-refractivity contribution in [1.29, 1.82) is 0 Å². The summed E-state index contributed by atoms with van der Waals surface area (Å²) in [5.41, 5.74) is 0.325. The molecule has 0 fully saturated rings. The molecule has 0 unspecified atom stereocenters. The number of sulfonamides is 1. The molecule has 0 bridgehead atoms. The fourth-order valence-corrected chi connectivity index (χ4v) is 3.57. The Morgan fingerprint density at radius 1 is 1.10 bits per heavy atom. The first-order valence-electron chi connectivity index (χ1n) is 5.69. The summed E-state index contributed by atoms with van der Waals surface area (Å²) in [5.74, 6) is -0.648. The molecule has 4 nitrogen and oxygen atoms in total. The van der Waals surface area contributed by atoms with E-state index in [0.717, 1.165) is 0 Å². The first-order valence-corrected chi connectivity index (χ1v) is 7.97. The van der Waals surface area contributed by atoms with Crippen LogP contribution in [-0.2, 0) is 10.0 Å². The van der Waals surface area contributed by atoms with Crippen molar-refractivity contribution in [1.82, 2.24) is 0 Å². The minimum absolute atomic E-state index is 0.0534. The molecule has 0 amide bonds. The van der Waals surface area contributed by atoms with E-state index in [1.165, 1.54) is 18.2 Å². The summed E-state index contributed by atoms with van der Waals surface area (Å²) in [7, 11) is -2.27. The molecule has 0 aliphatic rings. The van der Waals surface area contributed by atoms with Crippen molar-refractivity contribution < 1.29 is 12.8 Å². The predicted octanol–water partition coefficient (Wildman–Crippen LogP) is 3.43. The largest absolute Gasteiger partial charge is 0.387 e. The Morgan fingerprint density at radius 2 is 1.80 bits per heavy atom. The third kappa shape index (κ3) is 2.94. The summed E-state index contributed by atoms with van der Waals surface area (Å²) in [6.07, 6.45) is 0. The van der Waals surface area contributed by atoms with E-state index in [1.54, 1.807) is 31.3 Å². The van der Waals surface area contributed by atoms with E-state index in [1.807, 2.05) is 0 Å². The van der Waals surface area contributed by atoms with Gasteiger partial charge in [-0.3, -0.25) is 4.72 Å². The van der Waals surface area contributed by atoms with Crippen LogP contribution in [0, 0.1) is 5.82 Å². The van der Waals surface area contributed by atoms with Crippen LogP contribution < -0.4 is 10.0 Å². The maximum absolute atomic E-state index is 13.7. The van der Waals surface area contributed by atoms with Gasteiger partial charge in [0.1, 0.15) is 10.7 Å². The molecule has 2 rings (SSSR count). The van der Waals surface area contributed by atoms with E-state index in [0.29, 0.717) is 10.2 Å². The Hall–Kier alpha value is -1.60. The van der Waals surface area contributed by atoms with Crippen molar-refractivity contribution in [2.45, 2.75) is 4.90 Å². The highest BCUT2D eigenvalue weighted by Gasteiger charge is 2.20. The molecule has 0 spiro atoms. The first kappa shape index (κ1) is 14.8. The van der Waals surface area contributed by atoms with Gasteiger partial charge in [-0.1, -0.05) is 18.2 Å². The topological polar surface area (TPSA) is 58.2 Å². The molecule has 106 valence electrons. The van der Waals surface area contributed by atoms with Gasteiger partial charge in [0.05, 0.1) is 11.4 Å². The second kappa shape index (κ2) is 5.80. The van der Waals surface area contributed by atoms with E-state index in [2.05, 4.69) is 26.0 Å². The molecule has 0 atom stereocenters. The minimum Gasteiger partial charge on any atom is -0.387 e. The van der Waals surface area contributed by atoms with Gasteiger partial charge in [-0.05, 0) is 40.2 Å². The maximum atomic E-state index is 13.7. The van der Waals surface area contributed by atoms with Gasteiger partial charge in [0.15, 0.2) is 0 Å². The zero-order valence-electron chi connectivity index (χ0n) is 10.5. The maximum Gasteiger partial charge on any atom is 0.264 e. The van der Waals surface area contributed by atoms with Gasteiger partial charge in [-0.15, -0.1) is 0 Å². The van der Waals surface area contributed by atoms with Crippen molar-refractivity contribution >= 4 is 37.3 Å². The number of hydrogen-bond donors (Lipinski definition) is 2. The monoisotopic (exact) mass is 358 g/mol. The molecule has 0 aromatic heterocycles. The number of benzene rings is 2. The molecule has 2 N–H and O–H groups in total. The summed E-state index contributed by atoms with van der Waals surface area (Å²) in [6.45, 7) is 0. The van der Waals surface area contributed by atoms with E-state index in [-0.39, 0.29) is 10.6 Å². The molecule has 0 aliphatic carbocycles. The van der Waals surface area contributed by atoms with Crippen LogP contribution >= 0.6 is 15.9 Å². The van der Waals surface area contributed by atoms with Crippen molar-refractivity contribution in [3.8, 4) is 0 Å². The number of nitrogens with one attached hydrogen (secondary N) is 2. The summed E-state index contributed by atoms with van der Waals surface area (Å²) in [5, 5.41) is 2.79. The number of anilines is 2. The van der Waals surface area contributed by atoms with Gasteiger partial charge < -0.3 is 5.32 Å². The summed E-state index contributed by atoms with van der Waals surface area (Å²) < 4.78 is 41.0. The van der Waals surface area contributed by atoms with E-state index < -0.39 is 15.8 Å². The van der Waals surface area contributed by atoms with E-state index in [4.69, 9.17) is 0 Å². The molecule has 0 heterocycles. The molecular weight excluding hydrogens is 347 g/mol. The molecule has 0 saturated heterocycles. The van der Waals surface area contributed by atoms with E-state index in [9.17, 15) is 12.8 Å². The summed E-state index contributed by atoms with van der Waals surface area (Å²) in [4.78, 5) is 0.0534. The number of hydrogen-bond acceptors (Lipinski definition) is 3. The van der Waals surface area contributed by atoms with E-state index >= 15 is 0 Å². The Balaban J connectivity index is 2.47. The van der Waals surface area contributed by atoms with Gasteiger partial charge >= 0.3 is 0 Å². The zero-order valence-corrected chi connectivity index (χ0v) is 12.9. The lowest BCUT2D eigenvalue weighted by Gasteiger charge is -2.13. The second-order valence-corrected chi connectivity index (χ2v) is 6.45. The van der Waals surface area contributed by atoms with Crippen molar-refractivity contribution in [2.24, 2.45) is 0 Å². The molecule has 0 radical (unpaired) electrons. The second-order valence-electron chi connectivity index (χ2n) is 3.95. The van der Waals surface area contributed by atoms with Gasteiger partial charge in [0.2, 0.25) is 0 Å². The smallest absolute Gasteiger partial charge is 0.264 e. The molecule has 2 aromatic rings. The highest BCUT2D eigenvalue weighted by molar-refractivity contribution is 9.10. The molecular formula is C13H12BrFN2O2S. The van der Waals surface area contributed by atoms with Gasteiger partial charge in [-0.2, -0.15) is 0 Å². The van der Waals surface area contributed by atoms with Crippen LogP contribution in [0.3, 0.4) is 0 Å². The standard InChI is InChI=1S/C13H12BrFN2O2S/c1-16-11-7-2-3-8-12(11)20(18,19)17-13-9(14)5-4-6-10(13)15/h2-8,16-17H,1H3. The predicted molar refractivity (Wildman–Crippen MR) is 80.9 cm³/mol. The van der Waals surface area contributed by atoms with Crippen LogP contribution in [0.5, 0.6) is 0 Å². The number of para-hydroxylation sites is 2. The lowest BCUT2D eigenvalue weighted by Crippen LogP contribution is -2.16. The Kier molecular flexibility index (Phi) is 4.29. The lowest BCUT2D eigenvalue weighted by molar-refractivity contribution is 0.598. The first-order chi connectivity index (χ1) is 9.45. The molecule has 20 heavy (non-hydrogen) atoms. The molecule has 2 aromatic carbocycles. The van der Waals surface area contributed by atoms with Gasteiger partial charge in [0.25, 0.3) is 10.0 Å². The average Bonchev–Trinajstić information content (AvgIpc) is 2.43. The Labute approximate surface area is 125 Å². The van der Waals surface area contributed by atoms with Crippen molar-refractivity contribution in [3.05, 3.63) is 52.8 Å². The normalized spacial score (nSPS) is 11.2. The van der Waals surface area contributed by atoms with Crippen LogP contribution in [0.4, 0.5) is 15.8 Å². The number of rotatable bonds is 4. The van der Waals surface area contributed by atoms with Crippen LogP contribution in [0.2, 0.25) is 0 Å². The average molecular weight is 359 g/mol. The Morgan fingerprint density at radius 3 is 2.45 bits per heavy atom. The fourth-order valence-electron chi connectivity index (χ4n) is 1.69. The van der Waals surface area contributed by atoms with Crippen LogP contribution in [-0.4, -0.2) is 15.5 Å². The molecule has 7 heteroatoms. The quantitative estimate of drug-likeness (QED) is 0.880. The van der Waals surface area contributed by atoms with Crippen LogP contribution in [0.15, 0.2) is 51.8 Å². The van der Waals surface area contributed by atoms with Crippen LogP contribution in [0.1, 0.15) is 0 Å². The highest BCUT2D eigenvalue weighted by atomic mass is 79.9. The fraction of sp³-hybridized carbons (Fsp3) is 0.0769. The van der Waals surface area contributed by atoms with Crippen molar-refractivity contribution in [2.75, 3.05) is 17.1 Å². The SMILES string of the molecule is CNc1ccccc1S(=O)(=O)Nc1c(F)cccc1Br. The van der Waals surface area contributed by atoms with Crippen molar-refractivity contribution in [3.63, 3.8) is 0 Å². The van der Waals surface area contributed by atoms with Crippen LogP contribution in [0.25, 0.3) is 0 Å². The van der Waals surface area contributed by atoms with Gasteiger partial charge in [-0.25, -0.2) is 12.8 Å².